The van der Waals surface area contributed by atoms with Crippen molar-refractivity contribution in [3.8, 4) is 11.5 Å². The summed E-state index contributed by atoms with van der Waals surface area (Å²) >= 11 is 0. The van der Waals surface area contributed by atoms with E-state index in [4.69, 9.17) is 9.47 Å². The largest absolute Gasteiger partial charge is 0.493 e. The van der Waals surface area contributed by atoms with Crippen molar-refractivity contribution in [2.24, 2.45) is 0 Å². The molecule has 0 fully saturated rings. The summed E-state index contributed by atoms with van der Waals surface area (Å²) < 4.78 is 11.5. The quantitative estimate of drug-likeness (QED) is 0.519. The van der Waals surface area contributed by atoms with Gasteiger partial charge in [-0.05, 0) is 32.4 Å². The van der Waals surface area contributed by atoms with Gasteiger partial charge in [0.1, 0.15) is 18.1 Å². The van der Waals surface area contributed by atoms with Crippen LogP contribution in [0.15, 0.2) is 30.4 Å². The molecule has 0 bridgehead atoms. The molecule has 1 N–H and O–H groups in total. The van der Waals surface area contributed by atoms with Gasteiger partial charge in [-0.25, -0.2) is 0 Å². The third-order valence-corrected chi connectivity index (χ3v) is 2.82. The SMILES string of the molecule is C/C=C/COc1cc(OCCC)ccc1CNCCC. The summed E-state index contributed by atoms with van der Waals surface area (Å²) in [5.41, 5.74) is 1.17. The summed E-state index contributed by atoms with van der Waals surface area (Å²) in [6, 6.07) is 6.09. The molecule has 1 aromatic carbocycles. The molecule has 0 aliphatic rings. The fourth-order valence-electron chi connectivity index (χ4n) is 1.76. The van der Waals surface area contributed by atoms with Crippen LogP contribution in [0.2, 0.25) is 0 Å². The molecular formula is C17H27NO2. The minimum absolute atomic E-state index is 0.592. The number of ether oxygens (including phenoxy) is 2. The molecule has 3 nitrogen and oxygen atoms in total. The van der Waals surface area contributed by atoms with Crippen molar-refractivity contribution in [1.82, 2.24) is 5.32 Å². The van der Waals surface area contributed by atoms with E-state index >= 15 is 0 Å². The Morgan fingerprint density at radius 2 is 2.00 bits per heavy atom. The smallest absolute Gasteiger partial charge is 0.127 e. The van der Waals surface area contributed by atoms with Crippen molar-refractivity contribution in [2.45, 2.75) is 40.2 Å². The lowest BCUT2D eigenvalue weighted by molar-refractivity contribution is 0.311. The van der Waals surface area contributed by atoms with Crippen molar-refractivity contribution in [1.29, 1.82) is 0 Å². The van der Waals surface area contributed by atoms with Crippen LogP contribution in [-0.4, -0.2) is 19.8 Å². The van der Waals surface area contributed by atoms with Crippen LogP contribution in [0, 0.1) is 0 Å². The van der Waals surface area contributed by atoms with Crippen LogP contribution in [0.5, 0.6) is 11.5 Å². The zero-order valence-electron chi connectivity index (χ0n) is 12.9. The van der Waals surface area contributed by atoms with Crippen LogP contribution in [0.1, 0.15) is 39.2 Å². The van der Waals surface area contributed by atoms with Gasteiger partial charge in [0.15, 0.2) is 0 Å². The van der Waals surface area contributed by atoms with E-state index in [0.29, 0.717) is 6.61 Å². The van der Waals surface area contributed by atoms with E-state index in [9.17, 15) is 0 Å². The normalized spacial score (nSPS) is 10.9. The topological polar surface area (TPSA) is 30.5 Å². The van der Waals surface area contributed by atoms with Gasteiger partial charge < -0.3 is 14.8 Å². The molecule has 0 atom stereocenters. The lowest BCUT2D eigenvalue weighted by Gasteiger charge is -2.13. The van der Waals surface area contributed by atoms with Crippen LogP contribution in [0.3, 0.4) is 0 Å². The first-order valence-corrected chi connectivity index (χ1v) is 7.52. The van der Waals surface area contributed by atoms with Gasteiger partial charge in [-0.1, -0.05) is 32.1 Å². The number of allylic oxidation sites excluding steroid dienone is 1. The number of rotatable bonds is 10. The molecule has 0 aliphatic carbocycles. The van der Waals surface area contributed by atoms with E-state index in [1.165, 1.54) is 5.56 Å². The Morgan fingerprint density at radius 1 is 1.15 bits per heavy atom. The Kier molecular flexibility index (Phi) is 8.56. The minimum Gasteiger partial charge on any atom is -0.493 e. The van der Waals surface area contributed by atoms with Crippen LogP contribution in [0.25, 0.3) is 0 Å². The van der Waals surface area contributed by atoms with Crippen molar-refractivity contribution in [3.63, 3.8) is 0 Å². The summed E-state index contributed by atoms with van der Waals surface area (Å²) in [6.45, 7) is 9.43. The minimum atomic E-state index is 0.592. The number of hydrogen-bond donors (Lipinski definition) is 1. The Balaban J connectivity index is 2.73. The van der Waals surface area contributed by atoms with Gasteiger partial charge in [-0.15, -0.1) is 0 Å². The lowest BCUT2D eigenvalue weighted by Crippen LogP contribution is -2.14. The highest BCUT2D eigenvalue weighted by Crippen LogP contribution is 2.25. The number of nitrogens with one attached hydrogen (secondary N) is 1. The van der Waals surface area contributed by atoms with Crippen molar-refractivity contribution >= 4 is 0 Å². The van der Waals surface area contributed by atoms with E-state index < -0.39 is 0 Å². The summed E-state index contributed by atoms with van der Waals surface area (Å²) in [7, 11) is 0. The van der Waals surface area contributed by atoms with Gasteiger partial charge >= 0.3 is 0 Å². The molecule has 0 spiro atoms. The van der Waals surface area contributed by atoms with Gasteiger partial charge in [-0.2, -0.15) is 0 Å². The molecule has 112 valence electrons. The van der Waals surface area contributed by atoms with Crippen molar-refractivity contribution in [2.75, 3.05) is 19.8 Å². The summed E-state index contributed by atoms with van der Waals surface area (Å²) in [4.78, 5) is 0. The van der Waals surface area contributed by atoms with E-state index in [0.717, 1.165) is 44.0 Å². The highest BCUT2D eigenvalue weighted by Gasteiger charge is 2.05. The maximum Gasteiger partial charge on any atom is 0.127 e. The molecule has 0 saturated heterocycles. The molecule has 1 aromatic rings. The molecule has 0 unspecified atom stereocenters. The van der Waals surface area contributed by atoms with Crippen LogP contribution in [0.4, 0.5) is 0 Å². The molecule has 0 aromatic heterocycles. The summed E-state index contributed by atoms with van der Waals surface area (Å²) in [5, 5.41) is 3.41. The van der Waals surface area contributed by atoms with Crippen molar-refractivity contribution in [3.05, 3.63) is 35.9 Å². The van der Waals surface area contributed by atoms with E-state index in [-0.39, 0.29) is 0 Å². The average Bonchev–Trinajstić information content (AvgIpc) is 2.47. The molecule has 0 amide bonds. The summed E-state index contributed by atoms with van der Waals surface area (Å²) in [5.74, 6) is 1.78. The first-order chi connectivity index (χ1) is 9.81. The maximum absolute atomic E-state index is 5.82. The zero-order chi connectivity index (χ0) is 14.6. The van der Waals surface area contributed by atoms with E-state index in [2.05, 4.69) is 25.2 Å². The third-order valence-electron chi connectivity index (χ3n) is 2.82. The fraction of sp³-hybridized carbons (Fsp3) is 0.529. The highest BCUT2D eigenvalue weighted by molar-refractivity contribution is 5.40. The molecule has 0 heterocycles. The Bertz CT molecular complexity index is 402. The van der Waals surface area contributed by atoms with E-state index in [1.54, 1.807) is 0 Å². The van der Waals surface area contributed by atoms with Crippen molar-refractivity contribution < 1.29 is 9.47 Å². The Hall–Kier alpha value is -1.48. The average molecular weight is 277 g/mol. The zero-order valence-corrected chi connectivity index (χ0v) is 12.9. The standard InChI is InChI=1S/C17H27NO2/c1-4-7-12-20-17-13-16(19-11-6-3)9-8-15(17)14-18-10-5-2/h4,7-9,13,18H,5-6,10-12,14H2,1-3H3/b7-4+. The first-order valence-electron chi connectivity index (χ1n) is 7.52. The van der Waals surface area contributed by atoms with Crippen LogP contribution >= 0.6 is 0 Å². The second-order valence-electron chi connectivity index (χ2n) is 4.67. The summed E-state index contributed by atoms with van der Waals surface area (Å²) in [6.07, 6.45) is 6.14. The first kappa shape index (κ1) is 16.6. The van der Waals surface area contributed by atoms with Gasteiger partial charge in [-0.3, -0.25) is 0 Å². The highest BCUT2D eigenvalue weighted by atomic mass is 16.5. The molecule has 1 rings (SSSR count). The predicted molar refractivity (Wildman–Crippen MR) is 84.5 cm³/mol. The third kappa shape index (κ3) is 6.11. The number of hydrogen-bond acceptors (Lipinski definition) is 3. The Morgan fingerprint density at radius 3 is 2.70 bits per heavy atom. The monoisotopic (exact) mass is 277 g/mol. The fourth-order valence-corrected chi connectivity index (χ4v) is 1.76. The number of benzene rings is 1. The Labute approximate surface area is 123 Å². The lowest BCUT2D eigenvalue weighted by atomic mass is 10.2. The van der Waals surface area contributed by atoms with Crippen LogP contribution < -0.4 is 14.8 Å². The van der Waals surface area contributed by atoms with Gasteiger partial charge in [0.05, 0.1) is 6.61 Å². The molecular weight excluding hydrogens is 250 g/mol. The molecule has 0 saturated carbocycles. The maximum atomic E-state index is 5.82. The molecule has 0 aliphatic heterocycles. The molecule has 20 heavy (non-hydrogen) atoms. The second kappa shape index (κ2) is 10.3. The molecule has 3 heteroatoms. The second-order valence-corrected chi connectivity index (χ2v) is 4.67. The van der Waals surface area contributed by atoms with Crippen LogP contribution in [-0.2, 0) is 6.54 Å². The molecule has 0 radical (unpaired) electrons. The van der Waals surface area contributed by atoms with E-state index in [1.807, 2.05) is 31.2 Å². The predicted octanol–water partition coefficient (Wildman–Crippen LogP) is 3.93. The van der Waals surface area contributed by atoms with Gasteiger partial charge in [0.2, 0.25) is 0 Å². The van der Waals surface area contributed by atoms with Gasteiger partial charge in [0, 0.05) is 18.2 Å². The van der Waals surface area contributed by atoms with Gasteiger partial charge in [0.25, 0.3) is 0 Å².